The molecule has 0 saturated heterocycles. The first-order valence-electron chi connectivity index (χ1n) is 12.1. The van der Waals surface area contributed by atoms with Crippen molar-refractivity contribution in [2.75, 3.05) is 13.1 Å². The number of fused-ring (bicyclic) bond motifs is 1. The van der Waals surface area contributed by atoms with E-state index in [4.69, 9.17) is 0 Å². The molecule has 176 valence electrons. The van der Waals surface area contributed by atoms with E-state index in [9.17, 15) is 9.18 Å². The van der Waals surface area contributed by atoms with E-state index in [-0.39, 0.29) is 17.3 Å². The van der Waals surface area contributed by atoms with Gasteiger partial charge in [0.15, 0.2) is 0 Å². The fraction of sp³-hybridized carbons (Fsp3) is 0.481. The van der Waals surface area contributed by atoms with Crippen LogP contribution in [0, 0.1) is 17.2 Å². The van der Waals surface area contributed by atoms with Crippen molar-refractivity contribution in [3.8, 4) is 5.69 Å². The van der Waals surface area contributed by atoms with Crippen molar-refractivity contribution in [1.29, 1.82) is 0 Å². The lowest BCUT2D eigenvalue weighted by Gasteiger charge is -2.35. The molecule has 0 spiro atoms. The van der Waals surface area contributed by atoms with Gasteiger partial charge in [0.05, 0.1) is 17.4 Å². The molecule has 2 amide bonds. The van der Waals surface area contributed by atoms with E-state index in [1.807, 2.05) is 10.9 Å². The molecule has 1 unspecified atom stereocenters. The summed E-state index contributed by atoms with van der Waals surface area (Å²) in [4.78, 5) is 12.2. The third-order valence-electron chi connectivity index (χ3n) is 6.80. The second-order valence-corrected chi connectivity index (χ2v) is 10.0. The summed E-state index contributed by atoms with van der Waals surface area (Å²) in [6, 6.07) is 12.9. The Morgan fingerprint density at radius 1 is 1.18 bits per heavy atom. The zero-order valence-electron chi connectivity index (χ0n) is 19.9. The number of carbonyl (C=O) groups is 1. The highest BCUT2D eigenvalue weighted by Gasteiger charge is 2.36. The van der Waals surface area contributed by atoms with Gasteiger partial charge >= 0.3 is 6.03 Å². The van der Waals surface area contributed by atoms with Crippen molar-refractivity contribution in [2.24, 2.45) is 11.3 Å². The molecular formula is C27H35FN4O. The Bertz CT molecular complexity index is 1090. The first-order valence-corrected chi connectivity index (χ1v) is 12.1. The highest BCUT2D eigenvalue weighted by Crippen LogP contribution is 2.46. The number of aromatic nitrogens is 2. The largest absolute Gasteiger partial charge is 0.338 e. The number of urea groups is 1. The molecule has 5 nitrogen and oxygen atoms in total. The van der Waals surface area contributed by atoms with Gasteiger partial charge in [0, 0.05) is 18.5 Å². The highest BCUT2D eigenvalue weighted by atomic mass is 19.1. The smallest absolute Gasteiger partial charge is 0.314 e. The monoisotopic (exact) mass is 450 g/mol. The van der Waals surface area contributed by atoms with Crippen LogP contribution in [0.25, 0.3) is 16.6 Å². The second kappa shape index (κ2) is 9.94. The Morgan fingerprint density at radius 3 is 2.64 bits per heavy atom. The Morgan fingerprint density at radius 2 is 1.94 bits per heavy atom. The third kappa shape index (κ3) is 5.73. The van der Waals surface area contributed by atoms with Gasteiger partial charge in [-0.3, -0.25) is 0 Å². The molecule has 2 aromatic carbocycles. The van der Waals surface area contributed by atoms with E-state index in [1.165, 1.54) is 30.5 Å². The molecule has 33 heavy (non-hydrogen) atoms. The fourth-order valence-corrected chi connectivity index (χ4v) is 4.52. The predicted molar refractivity (Wildman–Crippen MR) is 131 cm³/mol. The van der Waals surface area contributed by atoms with Crippen LogP contribution in [0.2, 0.25) is 0 Å². The van der Waals surface area contributed by atoms with E-state index in [1.54, 1.807) is 12.1 Å². The first kappa shape index (κ1) is 23.3. The highest BCUT2D eigenvalue weighted by molar-refractivity contribution is 5.81. The van der Waals surface area contributed by atoms with Crippen molar-refractivity contribution in [1.82, 2.24) is 20.4 Å². The fourth-order valence-electron chi connectivity index (χ4n) is 4.52. The van der Waals surface area contributed by atoms with Crippen LogP contribution < -0.4 is 10.6 Å². The molecule has 1 aromatic heterocycles. The van der Waals surface area contributed by atoms with Crippen LogP contribution in [0.5, 0.6) is 0 Å². The molecule has 6 heteroatoms. The van der Waals surface area contributed by atoms with Gasteiger partial charge in [-0.2, -0.15) is 5.10 Å². The number of carbonyl (C=O) groups excluding carboxylic acids is 1. The maximum Gasteiger partial charge on any atom is 0.314 e. The molecule has 1 aliphatic rings. The molecule has 1 aliphatic carbocycles. The van der Waals surface area contributed by atoms with Crippen molar-refractivity contribution >= 4 is 16.9 Å². The molecule has 1 atom stereocenters. The van der Waals surface area contributed by atoms with Gasteiger partial charge in [0.25, 0.3) is 0 Å². The van der Waals surface area contributed by atoms with Crippen LogP contribution in [0.15, 0.2) is 48.7 Å². The molecule has 1 saturated carbocycles. The molecule has 1 fully saturated rings. The summed E-state index contributed by atoms with van der Waals surface area (Å²) in [6.07, 6.45) is 7.65. The number of rotatable bonds is 10. The number of hydrogen-bond donors (Lipinski definition) is 2. The summed E-state index contributed by atoms with van der Waals surface area (Å²) in [5, 5.41) is 11.7. The third-order valence-corrected chi connectivity index (χ3v) is 6.80. The molecule has 1 heterocycles. The maximum absolute atomic E-state index is 13.3. The molecular weight excluding hydrogens is 415 g/mol. The zero-order chi connectivity index (χ0) is 23.4. The van der Waals surface area contributed by atoms with Crippen LogP contribution in [-0.2, 0) is 0 Å². The number of unbranched alkanes of at least 4 members (excludes halogenated alkanes) is 1. The Labute approximate surface area is 195 Å². The molecule has 0 bridgehead atoms. The van der Waals surface area contributed by atoms with Crippen LogP contribution in [-0.4, -0.2) is 28.9 Å². The minimum absolute atomic E-state index is 0.0854. The topological polar surface area (TPSA) is 59.0 Å². The summed E-state index contributed by atoms with van der Waals surface area (Å²) in [7, 11) is 0. The van der Waals surface area contributed by atoms with Gasteiger partial charge in [0.2, 0.25) is 0 Å². The standard InChI is InChI=1S/C27H35FN4O/c1-4-5-14-29-26(33)30-18-27(2,3)24(15-19-6-7-19)20-8-13-25-21(16-20)17-31-32(25)23-11-9-22(28)10-12-23/h8-13,16-17,19,24H,4-7,14-15,18H2,1-3H3,(H2,29,30,33). The number of nitrogens with zero attached hydrogens (tertiary/aromatic N) is 2. The molecule has 2 N–H and O–H groups in total. The molecule has 0 radical (unpaired) electrons. The van der Waals surface area contributed by atoms with Crippen molar-refractivity contribution < 1.29 is 9.18 Å². The van der Waals surface area contributed by atoms with Crippen molar-refractivity contribution in [2.45, 2.75) is 58.8 Å². The minimum Gasteiger partial charge on any atom is -0.338 e. The number of nitrogens with one attached hydrogen (secondary N) is 2. The minimum atomic E-state index is -0.254. The van der Waals surface area contributed by atoms with E-state index >= 15 is 0 Å². The van der Waals surface area contributed by atoms with Gasteiger partial charge < -0.3 is 10.6 Å². The molecule has 4 rings (SSSR count). The zero-order valence-corrected chi connectivity index (χ0v) is 19.9. The van der Waals surface area contributed by atoms with E-state index in [0.717, 1.165) is 41.8 Å². The maximum atomic E-state index is 13.3. The quantitative estimate of drug-likeness (QED) is 0.363. The van der Waals surface area contributed by atoms with Crippen molar-refractivity contribution in [3.05, 3.63) is 60.0 Å². The Balaban J connectivity index is 1.54. The summed E-state index contributed by atoms with van der Waals surface area (Å²) in [5.41, 5.74) is 3.03. The SMILES string of the molecule is CCCCNC(=O)NCC(C)(C)C(CC1CC1)c1ccc2c(cnn2-c2ccc(F)cc2)c1. The van der Waals surface area contributed by atoms with E-state index < -0.39 is 0 Å². The lowest BCUT2D eigenvalue weighted by atomic mass is 9.72. The van der Waals surface area contributed by atoms with Gasteiger partial charge in [-0.05, 0) is 72.1 Å². The van der Waals surface area contributed by atoms with Crippen LogP contribution >= 0.6 is 0 Å². The van der Waals surface area contributed by atoms with Crippen molar-refractivity contribution in [3.63, 3.8) is 0 Å². The summed E-state index contributed by atoms with van der Waals surface area (Å²) >= 11 is 0. The number of benzene rings is 2. The predicted octanol–water partition coefficient (Wildman–Crippen LogP) is 6.17. The van der Waals surface area contributed by atoms with Crippen LogP contribution in [0.3, 0.4) is 0 Å². The van der Waals surface area contributed by atoms with Crippen LogP contribution in [0.1, 0.15) is 64.4 Å². The first-order chi connectivity index (χ1) is 15.9. The molecule has 3 aromatic rings. The van der Waals surface area contributed by atoms with E-state index in [2.05, 4.69) is 54.7 Å². The lowest BCUT2D eigenvalue weighted by molar-refractivity contribution is 0.221. The van der Waals surface area contributed by atoms with Crippen LogP contribution in [0.4, 0.5) is 9.18 Å². The van der Waals surface area contributed by atoms with E-state index in [0.29, 0.717) is 19.0 Å². The molecule has 0 aliphatic heterocycles. The number of amides is 2. The normalized spacial score (nSPS) is 14.9. The van der Waals surface area contributed by atoms with Gasteiger partial charge in [-0.1, -0.05) is 46.1 Å². The summed E-state index contributed by atoms with van der Waals surface area (Å²) < 4.78 is 15.2. The summed E-state index contributed by atoms with van der Waals surface area (Å²) in [6.45, 7) is 7.95. The Hall–Kier alpha value is -2.89. The van der Waals surface area contributed by atoms with Gasteiger partial charge in [0.1, 0.15) is 5.82 Å². The number of halogens is 1. The van der Waals surface area contributed by atoms with Gasteiger partial charge in [-0.25, -0.2) is 13.9 Å². The Kier molecular flexibility index (Phi) is 7.01. The average Bonchev–Trinajstić information content (AvgIpc) is 3.53. The number of hydrogen-bond acceptors (Lipinski definition) is 2. The van der Waals surface area contributed by atoms with Gasteiger partial charge in [-0.15, -0.1) is 0 Å². The summed E-state index contributed by atoms with van der Waals surface area (Å²) in [5.74, 6) is 0.847. The average molecular weight is 451 g/mol. The second-order valence-electron chi connectivity index (χ2n) is 10.0. The lowest BCUT2D eigenvalue weighted by Crippen LogP contribution is -2.43.